The molecule has 2 heterocycles. The highest BCUT2D eigenvalue weighted by atomic mass is 32.2. The lowest BCUT2D eigenvalue weighted by atomic mass is 9.74. The molecule has 1 aliphatic heterocycles. The van der Waals surface area contributed by atoms with Crippen molar-refractivity contribution >= 4 is 28.9 Å². The Morgan fingerprint density at radius 2 is 1.50 bits per heavy atom. The minimum absolute atomic E-state index is 0.0265. The molecular formula is C31H31N5O3S. The molecule has 0 amide bonds. The van der Waals surface area contributed by atoms with Crippen molar-refractivity contribution in [3.63, 3.8) is 0 Å². The summed E-state index contributed by atoms with van der Waals surface area (Å²) >= 11 is 1.33. The van der Waals surface area contributed by atoms with Gasteiger partial charge in [0.25, 0.3) is 0 Å². The summed E-state index contributed by atoms with van der Waals surface area (Å²) in [6.45, 7) is 2.82. The number of likely N-dealkylation sites (tertiary alicyclic amines) is 1. The van der Waals surface area contributed by atoms with Crippen LogP contribution < -0.4 is 0 Å². The van der Waals surface area contributed by atoms with E-state index in [4.69, 9.17) is 4.74 Å². The lowest BCUT2D eigenvalue weighted by molar-refractivity contribution is -0.141. The van der Waals surface area contributed by atoms with E-state index in [1.165, 1.54) is 23.7 Å². The average molecular weight is 554 g/mol. The fraction of sp³-hybridized carbons (Fsp3) is 0.258. The van der Waals surface area contributed by atoms with Crippen molar-refractivity contribution in [1.29, 1.82) is 0 Å². The van der Waals surface area contributed by atoms with Crippen LogP contribution in [0.5, 0.6) is 0 Å². The van der Waals surface area contributed by atoms with Gasteiger partial charge in [-0.25, -0.2) is 4.79 Å². The number of hydrogen-bond acceptors (Lipinski definition) is 8. The zero-order chi connectivity index (χ0) is 28.0. The Morgan fingerprint density at radius 3 is 2.00 bits per heavy atom. The number of methoxy groups -OCH3 is 1. The molecule has 0 spiro atoms. The largest absolute Gasteiger partial charge is 0.468 e. The fourth-order valence-corrected chi connectivity index (χ4v) is 6.35. The first kappa shape index (κ1) is 27.5. The summed E-state index contributed by atoms with van der Waals surface area (Å²) in [5.41, 5.74) is 3.92. The Morgan fingerprint density at radius 1 is 0.950 bits per heavy atom. The molecule has 8 nitrogen and oxygen atoms in total. The number of rotatable bonds is 8. The Balaban J connectivity index is 1.63. The number of ether oxygens (including phenoxy) is 1. The van der Waals surface area contributed by atoms with Gasteiger partial charge in [-0.2, -0.15) is 4.80 Å². The van der Waals surface area contributed by atoms with Crippen molar-refractivity contribution in [3.8, 4) is 0 Å². The van der Waals surface area contributed by atoms with Gasteiger partial charge in [-0.05, 0) is 40.0 Å². The molecule has 9 heteroatoms. The molecule has 204 valence electrons. The van der Waals surface area contributed by atoms with Crippen LogP contribution in [0.2, 0.25) is 0 Å². The molecule has 0 N–H and O–H groups in total. The first-order chi connectivity index (χ1) is 19.5. The van der Waals surface area contributed by atoms with Crippen molar-refractivity contribution < 1.29 is 14.3 Å². The predicted octanol–water partition coefficient (Wildman–Crippen LogP) is 4.58. The molecule has 1 aromatic heterocycles. The van der Waals surface area contributed by atoms with Crippen molar-refractivity contribution in [2.75, 3.05) is 20.2 Å². The number of thioether (sulfide) groups is 1. The molecule has 1 fully saturated rings. The van der Waals surface area contributed by atoms with E-state index in [1.54, 1.807) is 6.92 Å². The van der Waals surface area contributed by atoms with Gasteiger partial charge < -0.3 is 4.74 Å². The lowest BCUT2D eigenvalue weighted by Gasteiger charge is -2.49. The van der Waals surface area contributed by atoms with E-state index in [0.717, 1.165) is 35.2 Å². The monoisotopic (exact) mass is 553 g/mol. The molecular weight excluding hydrogens is 522 g/mol. The van der Waals surface area contributed by atoms with Crippen molar-refractivity contribution in [2.45, 2.75) is 30.7 Å². The van der Waals surface area contributed by atoms with Gasteiger partial charge in [0.2, 0.25) is 0 Å². The summed E-state index contributed by atoms with van der Waals surface area (Å²) in [7, 11) is 1.32. The molecule has 0 bridgehead atoms. The zero-order valence-electron chi connectivity index (χ0n) is 22.5. The van der Waals surface area contributed by atoms with Crippen LogP contribution in [-0.2, 0) is 26.4 Å². The van der Waals surface area contributed by atoms with Gasteiger partial charge in [-0.1, -0.05) is 103 Å². The maximum absolute atomic E-state index is 12.2. The van der Waals surface area contributed by atoms with Crippen LogP contribution in [0.15, 0.2) is 96.6 Å². The Hall–Kier alpha value is -4.08. The van der Waals surface area contributed by atoms with Gasteiger partial charge in [0.05, 0.1) is 12.6 Å². The smallest absolute Gasteiger partial charge is 0.329 e. The van der Waals surface area contributed by atoms with Gasteiger partial charge in [0.1, 0.15) is 0 Å². The number of carbonyl (C=O) groups excluding carboxylic acids is 2. The first-order valence-corrected chi connectivity index (χ1v) is 14.0. The van der Waals surface area contributed by atoms with Gasteiger partial charge in [-0.15, -0.1) is 10.2 Å². The first-order valence-electron chi connectivity index (χ1n) is 13.1. The van der Waals surface area contributed by atoms with Crippen molar-refractivity contribution in [3.05, 3.63) is 119 Å². The molecule has 1 unspecified atom stereocenters. The lowest BCUT2D eigenvalue weighted by Crippen LogP contribution is -2.52. The number of carbonyl (C=O) groups is 2. The highest BCUT2D eigenvalue weighted by Crippen LogP contribution is 2.45. The standard InChI is InChI=1S/C31H31N5O3S/c1-23(37)40-28-18-19-35(21-24(28)20-29-32-34-36(33-29)22-30(38)39-2)31(25-12-6-3-7-13-25,26-14-8-4-9-15-26)27-16-10-5-11-17-27/h3-17,20,28H,18-19,21-22H2,1-2H3. The van der Waals surface area contributed by atoms with Crippen molar-refractivity contribution in [2.24, 2.45) is 0 Å². The van der Waals surface area contributed by atoms with Crippen LogP contribution in [0, 0.1) is 0 Å². The Kier molecular flexibility index (Phi) is 8.52. The molecule has 3 aromatic carbocycles. The van der Waals surface area contributed by atoms with Gasteiger partial charge in [0.15, 0.2) is 17.5 Å². The third kappa shape index (κ3) is 5.76. The van der Waals surface area contributed by atoms with E-state index in [9.17, 15) is 9.59 Å². The van der Waals surface area contributed by atoms with Crippen LogP contribution in [0.1, 0.15) is 35.9 Å². The number of aromatic nitrogens is 4. The highest BCUT2D eigenvalue weighted by molar-refractivity contribution is 8.14. The summed E-state index contributed by atoms with van der Waals surface area (Å²) in [5, 5.41) is 12.6. The maximum Gasteiger partial charge on any atom is 0.329 e. The topological polar surface area (TPSA) is 90.2 Å². The highest BCUT2D eigenvalue weighted by Gasteiger charge is 2.44. The normalized spacial score (nSPS) is 17.1. The second-order valence-electron chi connectivity index (χ2n) is 9.59. The molecule has 0 saturated carbocycles. The van der Waals surface area contributed by atoms with Crippen LogP contribution >= 0.6 is 11.8 Å². The Bertz CT molecular complexity index is 1380. The predicted molar refractivity (Wildman–Crippen MR) is 155 cm³/mol. The molecule has 4 aromatic rings. The third-order valence-electron chi connectivity index (χ3n) is 7.09. The number of tetrazole rings is 1. The van der Waals surface area contributed by atoms with Crippen LogP contribution in [-0.4, -0.2) is 61.6 Å². The summed E-state index contributed by atoms with van der Waals surface area (Å²) < 4.78 is 4.72. The Labute approximate surface area is 238 Å². The SMILES string of the molecule is COC(=O)Cn1nnc(C=C2CN(C(c3ccccc3)(c3ccccc3)c3ccccc3)CCC2SC(C)=O)n1. The molecule has 5 rings (SSSR count). The minimum atomic E-state index is -0.579. The van der Waals surface area contributed by atoms with Gasteiger partial charge >= 0.3 is 5.97 Å². The number of benzene rings is 3. The molecule has 1 saturated heterocycles. The quantitative estimate of drug-likeness (QED) is 0.232. The van der Waals surface area contributed by atoms with E-state index >= 15 is 0 Å². The van der Waals surface area contributed by atoms with Crippen molar-refractivity contribution in [1.82, 2.24) is 25.1 Å². The van der Waals surface area contributed by atoms with E-state index in [1.807, 2.05) is 24.3 Å². The second-order valence-corrected chi connectivity index (χ2v) is 11.0. The summed E-state index contributed by atoms with van der Waals surface area (Å²) in [5.74, 6) is -0.0662. The summed E-state index contributed by atoms with van der Waals surface area (Å²) in [4.78, 5) is 27.6. The van der Waals surface area contributed by atoms with E-state index < -0.39 is 11.5 Å². The molecule has 0 aliphatic carbocycles. The zero-order valence-corrected chi connectivity index (χ0v) is 23.3. The van der Waals surface area contributed by atoms with E-state index in [-0.39, 0.29) is 16.9 Å². The number of piperidine rings is 1. The third-order valence-corrected chi connectivity index (χ3v) is 8.24. The second kappa shape index (κ2) is 12.4. The van der Waals surface area contributed by atoms with Crippen LogP contribution in [0.4, 0.5) is 0 Å². The molecule has 40 heavy (non-hydrogen) atoms. The van der Waals surface area contributed by atoms with Gasteiger partial charge in [0, 0.05) is 25.3 Å². The van der Waals surface area contributed by atoms with Crippen LogP contribution in [0.3, 0.4) is 0 Å². The minimum Gasteiger partial charge on any atom is -0.468 e. The maximum atomic E-state index is 12.2. The summed E-state index contributed by atoms with van der Waals surface area (Å²) in [6.07, 6.45) is 2.67. The fourth-order valence-electron chi connectivity index (χ4n) is 5.43. The van der Waals surface area contributed by atoms with E-state index in [0.29, 0.717) is 12.4 Å². The summed E-state index contributed by atoms with van der Waals surface area (Å²) in [6, 6.07) is 31.7. The number of hydrogen-bond donors (Lipinski definition) is 0. The average Bonchev–Trinajstić information content (AvgIpc) is 3.42. The number of nitrogens with zero attached hydrogens (tertiary/aromatic N) is 5. The van der Waals surface area contributed by atoms with Gasteiger partial charge in [-0.3, -0.25) is 9.69 Å². The van der Waals surface area contributed by atoms with E-state index in [2.05, 4.69) is 93.1 Å². The molecule has 1 atom stereocenters. The van der Waals surface area contributed by atoms with Crippen LogP contribution in [0.25, 0.3) is 6.08 Å². The number of esters is 1. The molecule has 0 radical (unpaired) electrons. The molecule has 1 aliphatic rings.